The van der Waals surface area contributed by atoms with E-state index in [1.165, 1.54) is 6.07 Å². The molecule has 0 bridgehead atoms. The Bertz CT molecular complexity index is 483. The molecule has 0 heterocycles. The van der Waals surface area contributed by atoms with Crippen LogP contribution in [0.5, 0.6) is 0 Å². The minimum atomic E-state index is -3.55. The lowest BCUT2D eigenvalue weighted by Crippen LogP contribution is -2.27. The predicted octanol–water partition coefficient (Wildman–Crippen LogP) is 0.626. The highest BCUT2D eigenvalue weighted by Gasteiger charge is 2.17. The SMILES string of the molecule is Cc1c(N)cccc1S(=O)(=O)NCCC(C)O. The predicted molar refractivity (Wildman–Crippen MR) is 67.1 cm³/mol. The zero-order valence-corrected chi connectivity index (χ0v) is 10.8. The number of rotatable bonds is 5. The molecule has 4 N–H and O–H groups in total. The van der Waals surface area contributed by atoms with Gasteiger partial charge in [-0.15, -0.1) is 0 Å². The molecule has 0 saturated heterocycles. The first-order valence-corrected chi connectivity index (χ1v) is 6.85. The first kappa shape index (κ1) is 14.0. The van der Waals surface area contributed by atoms with E-state index in [4.69, 9.17) is 10.8 Å². The van der Waals surface area contributed by atoms with Crippen molar-refractivity contribution >= 4 is 15.7 Å². The van der Waals surface area contributed by atoms with Gasteiger partial charge in [0.05, 0.1) is 11.0 Å². The van der Waals surface area contributed by atoms with E-state index >= 15 is 0 Å². The second-order valence-electron chi connectivity index (χ2n) is 4.01. The van der Waals surface area contributed by atoms with E-state index in [2.05, 4.69) is 4.72 Å². The highest BCUT2D eigenvalue weighted by molar-refractivity contribution is 7.89. The summed E-state index contributed by atoms with van der Waals surface area (Å²) >= 11 is 0. The number of nitrogens with two attached hydrogens (primary N) is 1. The molecule has 0 aliphatic heterocycles. The van der Waals surface area contributed by atoms with Gasteiger partial charge in [0.25, 0.3) is 0 Å². The number of anilines is 1. The summed E-state index contributed by atoms with van der Waals surface area (Å²) in [6, 6.07) is 4.77. The van der Waals surface area contributed by atoms with E-state index in [-0.39, 0.29) is 11.4 Å². The Hall–Kier alpha value is -1.11. The van der Waals surface area contributed by atoms with Crippen molar-refractivity contribution in [3.05, 3.63) is 23.8 Å². The first-order valence-electron chi connectivity index (χ1n) is 5.37. The van der Waals surface area contributed by atoms with E-state index in [1.807, 2.05) is 0 Å². The van der Waals surface area contributed by atoms with Gasteiger partial charge in [0, 0.05) is 12.2 Å². The van der Waals surface area contributed by atoms with Gasteiger partial charge in [0.2, 0.25) is 10.0 Å². The fourth-order valence-corrected chi connectivity index (χ4v) is 2.72. The van der Waals surface area contributed by atoms with Gasteiger partial charge in [-0.25, -0.2) is 13.1 Å². The lowest BCUT2D eigenvalue weighted by atomic mass is 10.2. The number of aliphatic hydroxyl groups excluding tert-OH is 1. The van der Waals surface area contributed by atoms with Crippen molar-refractivity contribution in [2.75, 3.05) is 12.3 Å². The summed E-state index contributed by atoms with van der Waals surface area (Å²) < 4.78 is 26.3. The van der Waals surface area contributed by atoms with E-state index in [0.717, 1.165) is 0 Å². The Morgan fingerprint density at radius 1 is 1.47 bits per heavy atom. The Labute approximate surface area is 102 Å². The minimum absolute atomic E-state index is 0.183. The summed E-state index contributed by atoms with van der Waals surface area (Å²) in [5, 5.41) is 9.06. The second-order valence-corrected chi connectivity index (χ2v) is 5.74. The van der Waals surface area contributed by atoms with Gasteiger partial charge in [-0.05, 0) is 38.0 Å². The number of hydrogen-bond acceptors (Lipinski definition) is 4. The number of benzene rings is 1. The Morgan fingerprint density at radius 3 is 2.71 bits per heavy atom. The van der Waals surface area contributed by atoms with Crippen LogP contribution in [0.3, 0.4) is 0 Å². The van der Waals surface area contributed by atoms with Crippen molar-refractivity contribution in [3.8, 4) is 0 Å². The molecule has 1 aromatic carbocycles. The zero-order chi connectivity index (χ0) is 13.1. The summed E-state index contributed by atoms with van der Waals surface area (Å²) in [6.07, 6.45) is -0.153. The van der Waals surface area contributed by atoms with Gasteiger partial charge in [-0.2, -0.15) is 0 Å². The van der Waals surface area contributed by atoms with Crippen molar-refractivity contribution in [1.82, 2.24) is 4.72 Å². The third-order valence-corrected chi connectivity index (χ3v) is 4.08. The number of aliphatic hydroxyl groups is 1. The Balaban J connectivity index is 2.87. The number of sulfonamides is 1. The van der Waals surface area contributed by atoms with Crippen LogP contribution in [0.4, 0.5) is 5.69 Å². The molecule has 1 unspecified atom stereocenters. The van der Waals surface area contributed by atoms with Gasteiger partial charge in [0.15, 0.2) is 0 Å². The van der Waals surface area contributed by atoms with Crippen LogP contribution in [-0.2, 0) is 10.0 Å². The molecule has 0 fully saturated rings. The molecule has 5 nitrogen and oxygen atoms in total. The van der Waals surface area contributed by atoms with Crippen LogP contribution in [0, 0.1) is 6.92 Å². The van der Waals surface area contributed by atoms with Crippen molar-refractivity contribution in [2.24, 2.45) is 0 Å². The van der Waals surface area contributed by atoms with Crippen molar-refractivity contribution in [1.29, 1.82) is 0 Å². The van der Waals surface area contributed by atoms with E-state index in [1.54, 1.807) is 26.0 Å². The molecular formula is C11H18N2O3S. The maximum atomic E-state index is 11.9. The fraction of sp³-hybridized carbons (Fsp3) is 0.455. The molecule has 0 aliphatic carbocycles. The topological polar surface area (TPSA) is 92.4 Å². The summed E-state index contributed by atoms with van der Waals surface area (Å²) in [6.45, 7) is 3.48. The smallest absolute Gasteiger partial charge is 0.240 e. The number of nitrogen functional groups attached to an aromatic ring is 1. The number of hydrogen-bond donors (Lipinski definition) is 3. The quantitative estimate of drug-likeness (QED) is 0.675. The molecule has 0 aromatic heterocycles. The van der Waals surface area contributed by atoms with Gasteiger partial charge in [-0.3, -0.25) is 0 Å². The van der Waals surface area contributed by atoms with E-state index < -0.39 is 16.1 Å². The maximum Gasteiger partial charge on any atom is 0.240 e. The number of nitrogens with one attached hydrogen (secondary N) is 1. The molecule has 17 heavy (non-hydrogen) atoms. The molecule has 0 aliphatic rings. The standard InChI is InChI=1S/C11H18N2O3S/c1-8(14)6-7-13-17(15,16)11-5-3-4-10(12)9(11)2/h3-5,8,13-14H,6-7,12H2,1-2H3. The summed E-state index contributed by atoms with van der Waals surface area (Å²) in [7, 11) is -3.55. The van der Waals surface area contributed by atoms with E-state index in [0.29, 0.717) is 17.7 Å². The third kappa shape index (κ3) is 3.69. The van der Waals surface area contributed by atoms with Crippen LogP contribution in [-0.4, -0.2) is 26.2 Å². The molecule has 0 radical (unpaired) electrons. The average Bonchev–Trinajstić information content (AvgIpc) is 2.21. The first-order chi connectivity index (χ1) is 7.84. The largest absolute Gasteiger partial charge is 0.398 e. The monoisotopic (exact) mass is 258 g/mol. The van der Waals surface area contributed by atoms with Crippen LogP contribution in [0.2, 0.25) is 0 Å². The van der Waals surface area contributed by atoms with Crippen LogP contribution >= 0.6 is 0 Å². The highest BCUT2D eigenvalue weighted by atomic mass is 32.2. The van der Waals surface area contributed by atoms with Gasteiger partial charge in [-0.1, -0.05) is 6.07 Å². The van der Waals surface area contributed by atoms with Crippen LogP contribution in [0.25, 0.3) is 0 Å². The maximum absolute atomic E-state index is 11.9. The molecule has 1 aromatic rings. The third-order valence-electron chi connectivity index (χ3n) is 2.47. The lowest BCUT2D eigenvalue weighted by molar-refractivity contribution is 0.186. The van der Waals surface area contributed by atoms with Crippen molar-refractivity contribution < 1.29 is 13.5 Å². The van der Waals surface area contributed by atoms with Crippen LogP contribution in [0.1, 0.15) is 18.9 Å². The molecule has 0 spiro atoms. The highest BCUT2D eigenvalue weighted by Crippen LogP contribution is 2.20. The Kier molecular flexibility index (Phi) is 4.50. The Morgan fingerprint density at radius 2 is 2.12 bits per heavy atom. The molecule has 96 valence electrons. The molecule has 0 saturated carbocycles. The normalized spacial score (nSPS) is 13.6. The zero-order valence-electron chi connectivity index (χ0n) is 9.97. The fourth-order valence-electron chi connectivity index (χ4n) is 1.40. The summed E-state index contributed by atoms with van der Waals surface area (Å²) in [4.78, 5) is 0.183. The van der Waals surface area contributed by atoms with Crippen LogP contribution < -0.4 is 10.5 Å². The minimum Gasteiger partial charge on any atom is -0.398 e. The van der Waals surface area contributed by atoms with E-state index in [9.17, 15) is 8.42 Å². The van der Waals surface area contributed by atoms with Crippen molar-refractivity contribution in [2.45, 2.75) is 31.3 Å². The molecule has 6 heteroatoms. The summed E-state index contributed by atoms with van der Waals surface area (Å²) in [5.74, 6) is 0. The second kappa shape index (κ2) is 5.48. The van der Waals surface area contributed by atoms with Gasteiger partial charge >= 0.3 is 0 Å². The molecule has 1 rings (SSSR count). The van der Waals surface area contributed by atoms with Crippen LogP contribution in [0.15, 0.2) is 23.1 Å². The van der Waals surface area contributed by atoms with Gasteiger partial charge in [0.1, 0.15) is 0 Å². The molecule has 1 atom stereocenters. The summed E-state index contributed by atoms with van der Waals surface area (Å²) in [5.41, 5.74) is 6.65. The molecular weight excluding hydrogens is 240 g/mol. The van der Waals surface area contributed by atoms with Crippen molar-refractivity contribution in [3.63, 3.8) is 0 Å². The lowest BCUT2D eigenvalue weighted by Gasteiger charge is -2.11. The molecule has 0 amide bonds. The average molecular weight is 258 g/mol. The van der Waals surface area contributed by atoms with Gasteiger partial charge < -0.3 is 10.8 Å².